The van der Waals surface area contributed by atoms with Crippen molar-refractivity contribution in [3.63, 3.8) is 0 Å². The highest BCUT2D eigenvalue weighted by Crippen LogP contribution is 2.19. The first-order valence-electron chi connectivity index (χ1n) is 6.40. The van der Waals surface area contributed by atoms with E-state index in [1.165, 1.54) is 12.1 Å². The molecule has 19 heavy (non-hydrogen) atoms. The molecule has 0 bridgehead atoms. The quantitative estimate of drug-likeness (QED) is 0.799. The molecular formula is C14H19FN2OS. The monoisotopic (exact) mass is 282 g/mol. The van der Waals surface area contributed by atoms with E-state index in [9.17, 15) is 9.18 Å². The molecule has 1 heterocycles. The molecule has 0 radical (unpaired) electrons. The van der Waals surface area contributed by atoms with Crippen LogP contribution in [0.4, 0.5) is 4.39 Å². The summed E-state index contributed by atoms with van der Waals surface area (Å²) in [5.74, 6) is -0.734. The second kappa shape index (κ2) is 5.51. The second-order valence-electron chi connectivity index (χ2n) is 5.24. The number of carbonyl (C=O) groups is 1. The molecule has 1 aliphatic heterocycles. The molecule has 0 N–H and O–H groups in total. The average molecular weight is 282 g/mol. The lowest BCUT2D eigenvalue weighted by atomic mass is 10.1. The van der Waals surface area contributed by atoms with Gasteiger partial charge in [0.05, 0.1) is 5.56 Å². The summed E-state index contributed by atoms with van der Waals surface area (Å²) in [6.45, 7) is 5.38. The summed E-state index contributed by atoms with van der Waals surface area (Å²) < 4.78 is 13.8. The summed E-state index contributed by atoms with van der Waals surface area (Å²) in [5.41, 5.74) is 0.108. The molecule has 3 nitrogen and oxygen atoms in total. The number of amides is 1. The molecule has 5 heteroatoms. The number of halogens is 1. The van der Waals surface area contributed by atoms with Gasteiger partial charge in [-0.3, -0.25) is 9.69 Å². The van der Waals surface area contributed by atoms with Crippen LogP contribution in [0.2, 0.25) is 0 Å². The largest absolute Gasteiger partial charge is 0.335 e. The molecule has 2 atom stereocenters. The number of benzene rings is 1. The Morgan fingerprint density at radius 2 is 1.89 bits per heavy atom. The van der Waals surface area contributed by atoms with Crippen molar-refractivity contribution in [1.29, 1.82) is 0 Å². The van der Waals surface area contributed by atoms with Crippen molar-refractivity contribution in [3.8, 4) is 0 Å². The Balaban J connectivity index is 2.22. The highest BCUT2D eigenvalue weighted by Gasteiger charge is 2.30. The van der Waals surface area contributed by atoms with Crippen LogP contribution in [0.3, 0.4) is 0 Å². The maximum atomic E-state index is 13.8. The zero-order valence-electron chi connectivity index (χ0n) is 11.4. The number of thiol groups is 1. The smallest absolute Gasteiger partial charge is 0.256 e. The topological polar surface area (TPSA) is 23.6 Å². The molecule has 0 aliphatic carbocycles. The SMILES string of the molecule is CC1CN(C(=O)c2cc(S)ccc2F)CC(C)N1C. The summed E-state index contributed by atoms with van der Waals surface area (Å²) in [7, 11) is 2.05. The summed E-state index contributed by atoms with van der Waals surface area (Å²) in [6, 6.07) is 4.88. The third-order valence-corrected chi connectivity index (χ3v) is 4.11. The Kier molecular flexibility index (Phi) is 4.16. The third kappa shape index (κ3) is 2.92. The van der Waals surface area contributed by atoms with Gasteiger partial charge < -0.3 is 4.90 Å². The summed E-state index contributed by atoms with van der Waals surface area (Å²) in [5, 5.41) is 0. The lowest BCUT2D eigenvalue weighted by Gasteiger charge is -2.42. The van der Waals surface area contributed by atoms with Gasteiger partial charge in [-0.2, -0.15) is 0 Å². The molecule has 104 valence electrons. The number of hydrogen-bond donors (Lipinski definition) is 1. The fourth-order valence-electron chi connectivity index (χ4n) is 2.42. The maximum Gasteiger partial charge on any atom is 0.256 e. The predicted octanol–water partition coefficient (Wildman–Crippen LogP) is 2.28. The molecule has 1 fully saturated rings. The Labute approximate surface area is 118 Å². The van der Waals surface area contributed by atoms with Crippen LogP contribution >= 0.6 is 12.6 Å². The minimum absolute atomic E-state index is 0.108. The van der Waals surface area contributed by atoms with Crippen molar-refractivity contribution in [3.05, 3.63) is 29.6 Å². The number of carbonyl (C=O) groups excluding carboxylic acids is 1. The molecular weight excluding hydrogens is 263 g/mol. The van der Waals surface area contributed by atoms with Crippen molar-refractivity contribution in [2.45, 2.75) is 30.8 Å². The van der Waals surface area contributed by atoms with Crippen molar-refractivity contribution in [2.24, 2.45) is 0 Å². The van der Waals surface area contributed by atoms with E-state index in [-0.39, 0.29) is 23.6 Å². The zero-order chi connectivity index (χ0) is 14.2. The van der Waals surface area contributed by atoms with E-state index < -0.39 is 5.82 Å². The average Bonchev–Trinajstić information content (AvgIpc) is 2.37. The minimum atomic E-state index is -0.484. The van der Waals surface area contributed by atoms with Gasteiger partial charge in [-0.25, -0.2) is 4.39 Å². The number of nitrogens with zero attached hydrogens (tertiary/aromatic N) is 2. The van der Waals surface area contributed by atoms with Gasteiger partial charge in [-0.1, -0.05) is 0 Å². The molecule has 0 spiro atoms. The molecule has 0 saturated carbocycles. The van der Waals surface area contributed by atoms with Crippen molar-refractivity contribution >= 4 is 18.5 Å². The van der Waals surface area contributed by atoms with Crippen molar-refractivity contribution in [2.75, 3.05) is 20.1 Å². The summed E-state index contributed by atoms with van der Waals surface area (Å²) in [6.07, 6.45) is 0. The van der Waals surface area contributed by atoms with Gasteiger partial charge in [0.15, 0.2) is 0 Å². The number of piperazine rings is 1. The van der Waals surface area contributed by atoms with E-state index >= 15 is 0 Å². The van der Waals surface area contributed by atoms with Gasteiger partial charge in [-0.05, 0) is 39.1 Å². The van der Waals surface area contributed by atoms with Crippen LogP contribution in [0.15, 0.2) is 23.1 Å². The molecule has 1 aromatic carbocycles. The summed E-state index contributed by atoms with van der Waals surface area (Å²) >= 11 is 4.16. The summed E-state index contributed by atoms with van der Waals surface area (Å²) in [4.78, 5) is 17.0. The van der Waals surface area contributed by atoms with Crippen LogP contribution in [0.25, 0.3) is 0 Å². The molecule has 0 aromatic heterocycles. The lowest BCUT2D eigenvalue weighted by Crippen LogP contribution is -2.56. The first-order chi connectivity index (χ1) is 8.90. The zero-order valence-corrected chi connectivity index (χ0v) is 12.3. The van der Waals surface area contributed by atoms with Crippen LogP contribution in [0.1, 0.15) is 24.2 Å². The van der Waals surface area contributed by atoms with Crippen LogP contribution in [0, 0.1) is 5.82 Å². The van der Waals surface area contributed by atoms with E-state index in [2.05, 4.69) is 31.4 Å². The van der Waals surface area contributed by atoms with Crippen LogP contribution in [-0.2, 0) is 0 Å². The van der Waals surface area contributed by atoms with Crippen LogP contribution < -0.4 is 0 Å². The first kappa shape index (κ1) is 14.3. The molecule has 1 saturated heterocycles. The normalized spacial score (nSPS) is 24.6. The Bertz CT molecular complexity index is 482. The highest BCUT2D eigenvalue weighted by atomic mass is 32.1. The Morgan fingerprint density at radius 1 is 1.32 bits per heavy atom. The third-order valence-electron chi connectivity index (χ3n) is 3.83. The van der Waals surface area contributed by atoms with Gasteiger partial charge in [0, 0.05) is 30.1 Å². The second-order valence-corrected chi connectivity index (χ2v) is 5.75. The fourth-order valence-corrected chi connectivity index (χ4v) is 2.62. The first-order valence-corrected chi connectivity index (χ1v) is 6.84. The lowest BCUT2D eigenvalue weighted by molar-refractivity contribution is 0.0410. The van der Waals surface area contributed by atoms with E-state index in [1.807, 2.05) is 7.05 Å². The molecule has 1 aromatic rings. The minimum Gasteiger partial charge on any atom is -0.335 e. The fraction of sp³-hybridized carbons (Fsp3) is 0.500. The number of likely N-dealkylation sites (N-methyl/N-ethyl adjacent to an activating group) is 1. The van der Waals surface area contributed by atoms with Gasteiger partial charge in [0.25, 0.3) is 5.91 Å². The highest BCUT2D eigenvalue weighted by molar-refractivity contribution is 7.80. The Morgan fingerprint density at radius 3 is 2.47 bits per heavy atom. The van der Waals surface area contributed by atoms with Gasteiger partial charge in [-0.15, -0.1) is 12.6 Å². The maximum absolute atomic E-state index is 13.8. The molecule has 1 aliphatic rings. The van der Waals surface area contributed by atoms with E-state index in [0.29, 0.717) is 18.0 Å². The van der Waals surface area contributed by atoms with Crippen LogP contribution in [0.5, 0.6) is 0 Å². The standard InChI is InChI=1S/C14H19FN2OS/c1-9-7-17(8-10(2)16(9)3)14(18)12-6-11(19)4-5-13(12)15/h4-6,9-10,19H,7-8H2,1-3H3. The van der Waals surface area contributed by atoms with Gasteiger partial charge in [0.2, 0.25) is 0 Å². The predicted molar refractivity (Wildman–Crippen MR) is 76.2 cm³/mol. The Hall–Kier alpha value is -1.07. The molecule has 1 amide bonds. The molecule has 2 rings (SSSR count). The van der Waals surface area contributed by atoms with E-state index in [1.54, 1.807) is 11.0 Å². The van der Waals surface area contributed by atoms with Gasteiger partial charge >= 0.3 is 0 Å². The van der Waals surface area contributed by atoms with E-state index in [4.69, 9.17) is 0 Å². The van der Waals surface area contributed by atoms with Crippen LogP contribution in [-0.4, -0.2) is 47.9 Å². The number of rotatable bonds is 1. The van der Waals surface area contributed by atoms with E-state index in [0.717, 1.165) is 0 Å². The van der Waals surface area contributed by atoms with Crippen molar-refractivity contribution < 1.29 is 9.18 Å². The number of hydrogen-bond acceptors (Lipinski definition) is 3. The van der Waals surface area contributed by atoms with Crippen molar-refractivity contribution in [1.82, 2.24) is 9.80 Å². The molecule has 2 unspecified atom stereocenters. The van der Waals surface area contributed by atoms with Gasteiger partial charge in [0.1, 0.15) is 5.82 Å².